The van der Waals surface area contributed by atoms with Gasteiger partial charge in [-0.1, -0.05) is 36.4 Å². The molecule has 166 valence electrons. The molecule has 1 aliphatic rings. The fraction of sp³-hybridized carbons (Fsp3) is 0.179. The summed E-state index contributed by atoms with van der Waals surface area (Å²) in [6.07, 6.45) is 4.20. The number of methoxy groups -OCH3 is 1. The minimum Gasteiger partial charge on any atom is -0.496 e. The lowest BCUT2D eigenvalue weighted by Gasteiger charge is -2.28. The van der Waals surface area contributed by atoms with Crippen LogP contribution in [0.4, 0.5) is 4.39 Å². The average molecular weight is 442 g/mol. The summed E-state index contributed by atoms with van der Waals surface area (Å²) in [6.45, 7) is 3.23. The number of furan rings is 1. The van der Waals surface area contributed by atoms with Crippen LogP contribution in [0.15, 0.2) is 77.4 Å². The quantitative estimate of drug-likeness (QED) is 0.352. The topological polar surface area (TPSA) is 42.7 Å². The van der Waals surface area contributed by atoms with E-state index in [9.17, 15) is 9.18 Å². The molecule has 1 aliphatic heterocycles. The first-order chi connectivity index (χ1) is 16.0. The second kappa shape index (κ2) is 8.58. The molecular formula is C28H24FNO3. The van der Waals surface area contributed by atoms with Gasteiger partial charge in [-0.2, -0.15) is 0 Å². The van der Waals surface area contributed by atoms with Gasteiger partial charge in [-0.25, -0.2) is 4.39 Å². The molecule has 4 aromatic rings. The normalized spacial score (nSPS) is 13.8. The van der Waals surface area contributed by atoms with Crippen molar-refractivity contribution in [3.63, 3.8) is 0 Å². The maximum atomic E-state index is 13.4. The van der Waals surface area contributed by atoms with Crippen LogP contribution in [0, 0.1) is 5.82 Å². The summed E-state index contributed by atoms with van der Waals surface area (Å²) in [4.78, 5) is 15.0. The summed E-state index contributed by atoms with van der Waals surface area (Å²) in [5.41, 5.74) is 6.52. The molecule has 0 fully saturated rings. The van der Waals surface area contributed by atoms with E-state index in [1.54, 1.807) is 31.6 Å². The average Bonchev–Trinajstić information content (AvgIpc) is 3.26. The molecule has 5 rings (SSSR count). The second-order valence-electron chi connectivity index (χ2n) is 8.31. The number of amides is 1. The third-order valence-corrected chi connectivity index (χ3v) is 6.26. The van der Waals surface area contributed by atoms with Crippen molar-refractivity contribution in [3.05, 3.63) is 95.5 Å². The number of ether oxygens (including phenoxy) is 1. The van der Waals surface area contributed by atoms with E-state index in [-0.39, 0.29) is 11.7 Å². The zero-order valence-corrected chi connectivity index (χ0v) is 18.6. The van der Waals surface area contributed by atoms with E-state index in [4.69, 9.17) is 9.15 Å². The number of hydrogen-bond donors (Lipinski definition) is 0. The van der Waals surface area contributed by atoms with E-state index in [0.717, 1.165) is 34.1 Å². The predicted octanol–water partition coefficient (Wildman–Crippen LogP) is 6.24. The summed E-state index contributed by atoms with van der Waals surface area (Å²) >= 11 is 0. The second-order valence-corrected chi connectivity index (χ2v) is 8.31. The van der Waals surface area contributed by atoms with Crippen LogP contribution < -0.4 is 4.74 Å². The summed E-state index contributed by atoms with van der Waals surface area (Å²) in [6, 6.07) is 18.4. The van der Waals surface area contributed by atoms with Crippen LogP contribution in [0.2, 0.25) is 0 Å². The van der Waals surface area contributed by atoms with Gasteiger partial charge < -0.3 is 14.1 Å². The Bertz CT molecular complexity index is 1370. The van der Waals surface area contributed by atoms with Crippen molar-refractivity contribution in [1.29, 1.82) is 0 Å². The molecule has 3 aromatic carbocycles. The third kappa shape index (κ3) is 4.02. The Morgan fingerprint density at radius 1 is 1.09 bits per heavy atom. The van der Waals surface area contributed by atoms with E-state index in [1.807, 2.05) is 36.1 Å². The molecule has 0 unspecified atom stereocenters. The highest BCUT2D eigenvalue weighted by Crippen LogP contribution is 2.37. The largest absolute Gasteiger partial charge is 0.496 e. The van der Waals surface area contributed by atoms with Crippen molar-refractivity contribution < 1.29 is 18.3 Å². The molecule has 33 heavy (non-hydrogen) atoms. The van der Waals surface area contributed by atoms with E-state index in [0.29, 0.717) is 24.4 Å². The van der Waals surface area contributed by atoms with Gasteiger partial charge in [-0.15, -0.1) is 0 Å². The molecule has 0 radical (unpaired) electrons. The van der Waals surface area contributed by atoms with Crippen molar-refractivity contribution in [1.82, 2.24) is 4.90 Å². The van der Waals surface area contributed by atoms with Gasteiger partial charge in [0.15, 0.2) is 0 Å². The number of rotatable bonds is 4. The Morgan fingerprint density at radius 2 is 1.85 bits per heavy atom. The summed E-state index contributed by atoms with van der Waals surface area (Å²) in [5.74, 6) is 0.328. The van der Waals surface area contributed by atoms with Gasteiger partial charge in [-0.3, -0.25) is 4.79 Å². The number of carbonyl (C=O) groups is 1. The summed E-state index contributed by atoms with van der Waals surface area (Å²) in [5, 5.41) is 0.879. The Kier molecular flexibility index (Phi) is 5.47. The van der Waals surface area contributed by atoms with Crippen molar-refractivity contribution in [2.75, 3.05) is 13.7 Å². The molecule has 0 bridgehead atoms. The van der Waals surface area contributed by atoms with Gasteiger partial charge in [-0.05, 0) is 53.8 Å². The van der Waals surface area contributed by atoms with Crippen LogP contribution in [-0.4, -0.2) is 24.5 Å². The number of allylic oxidation sites excluding steroid dienone is 1. The number of benzene rings is 3. The van der Waals surface area contributed by atoms with Crippen LogP contribution >= 0.6 is 0 Å². The van der Waals surface area contributed by atoms with Gasteiger partial charge in [0.25, 0.3) is 0 Å². The maximum Gasteiger partial charge on any atom is 0.247 e. The third-order valence-electron chi connectivity index (χ3n) is 6.26. The molecule has 5 heteroatoms. The molecule has 0 saturated heterocycles. The predicted molar refractivity (Wildman–Crippen MR) is 127 cm³/mol. The molecule has 0 N–H and O–H groups in total. The van der Waals surface area contributed by atoms with Crippen molar-refractivity contribution in [2.24, 2.45) is 0 Å². The van der Waals surface area contributed by atoms with E-state index < -0.39 is 0 Å². The molecule has 0 spiro atoms. The molecular weight excluding hydrogens is 417 g/mol. The molecule has 4 nitrogen and oxygen atoms in total. The zero-order valence-electron chi connectivity index (χ0n) is 18.6. The minimum atomic E-state index is -0.286. The first kappa shape index (κ1) is 21.0. The minimum absolute atomic E-state index is 0.0184. The summed E-state index contributed by atoms with van der Waals surface area (Å²) in [7, 11) is 1.60. The Labute approximate surface area is 191 Å². The molecule has 1 aromatic heterocycles. The fourth-order valence-corrected chi connectivity index (χ4v) is 4.42. The Morgan fingerprint density at radius 3 is 2.61 bits per heavy atom. The maximum absolute atomic E-state index is 13.4. The zero-order chi connectivity index (χ0) is 22.9. The molecule has 0 atom stereocenters. The standard InChI is InChI=1S/C28H24FNO3/c1-18(13-28(31)30-12-11-19-5-3-4-6-21(19)16-30)23-14-24-25(20-7-9-22(29)10-8-20)17-33-27(24)15-26(23)32-2/h3-10,13-15,17H,11-12,16H2,1-2H3/b18-13+. The number of carbonyl (C=O) groups excluding carboxylic acids is 1. The van der Waals surface area contributed by atoms with Crippen molar-refractivity contribution in [3.8, 4) is 16.9 Å². The van der Waals surface area contributed by atoms with Crippen molar-refractivity contribution in [2.45, 2.75) is 19.9 Å². The fourth-order valence-electron chi connectivity index (χ4n) is 4.42. The lowest BCUT2D eigenvalue weighted by molar-refractivity contribution is -0.126. The molecule has 0 saturated carbocycles. The first-order valence-corrected chi connectivity index (χ1v) is 10.9. The van der Waals surface area contributed by atoms with Gasteiger partial charge >= 0.3 is 0 Å². The summed E-state index contributed by atoms with van der Waals surface area (Å²) < 4.78 is 24.7. The number of nitrogens with zero attached hydrogens (tertiary/aromatic N) is 1. The van der Waals surface area contributed by atoms with Crippen LogP contribution in [0.1, 0.15) is 23.6 Å². The SMILES string of the molecule is COc1cc2occ(-c3ccc(F)cc3)c2cc1/C(C)=C/C(=O)N1CCc2ccccc2C1. The monoisotopic (exact) mass is 441 g/mol. The number of hydrogen-bond acceptors (Lipinski definition) is 3. The van der Waals surface area contributed by atoms with E-state index >= 15 is 0 Å². The highest BCUT2D eigenvalue weighted by Gasteiger charge is 2.20. The van der Waals surface area contributed by atoms with Gasteiger partial charge in [0.05, 0.1) is 13.4 Å². The van der Waals surface area contributed by atoms with Gasteiger partial charge in [0.2, 0.25) is 5.91 Å². The number of halogens is 1. The highest BCUT2D eigenvalue weighted by molar-refractivity contribution is 6.00. The van der Waals surface area contributed by atoms with Crippen LogP contribution in [0.5, 0.6) is 5.75 Å². The van der Waals surface area contributed by atoms with Crippen LogP contribution in [0.3, 0.4) is 0 Å². The van der Waals surface area contributed by atoms with E-state index in [1.165, 1.54) is 23.3 Å². The lowest BCUT2D eigenvalue weighted by atomic mass is 9.98. The van der Waals surface area contributed by atoms with Crippen LogP contribution in [-0.2, 0) is 17.8 Å². The van der Waals surface area contributed by atoms with Gasteiger partial charge in [0.1, 0.15) is 17.1 Å². The first-order valence-electron chi connectivity index (χ1n) is 10.9. The van der Waals surface area contributed by atoms with E-state index in [2.05, 4.69) is 12.1 Å². The molecule has 1 amide bonds. The number of fused-ring (bicyclic) bond motifs is 2. The van der Waals surface area contributed by atoms with Crippen LogP contribution in [0.25, 0.3) is 27.7 Å². The molecule has 2 heterocycles. The lowest BCUT2D eigenvalue weighted by Crippen LogP contribution is -2.34. The van der Waals surface area contributed by atoms with Crippen molar-refractivity contribution >= 4 is 22.4 Å². The van der Waals surface area contributed by atoms with Gasteiger partial charge in [0, 0.05) is 41.7 Å². The highest BCUT2D eigenvalue weighted by atomic mass is 19.1. The Balaban J connectivity index is 1.49. The molecule has 0 aliphatic carbocycles. The smallest absolute Gasteiger partial charge is 0.247 e. The Hall–Kier alpha value is -3.86.